The molecule has 138 valence electrons. The molecule has 2 nitrogen and oxygen atoms in total. The number of Topliss-reactive ketones (excluding diaryl/α,β-unsaturated/α-hetero) is 1. The van der Waals surface area contributed by atoms with Crippen molar-refractivity contribution in [3.05, 3.63) is 0 Å². The highest BCUT2D eigenvalue weighted by Gasteiger charge is 2.64. The Morgan fingerprint density at radius 3 is 2.80 bits per heavy atom. The van der Waals surface area contributed by atoms with Crippen molar-refractivity contribution in [2.45, 2.75) is 70.3 Å². The van der Waals surface area contributed by atoms with Crippen molar-refractivity contribution in [3.63, 3.8) is 0 Å². The van der Waals surface area contributed by atoms with Crippen molar-refractivity contribution in [1.29, 1.82) is 0 Å². The first kappa shape index (κ1) is 17.5. The average molecular weight is 346 g/mol. The third-order valence-electron chi connectivity index (χ3n) is 8.76. The van der Waals surface area contributed by atoms with E-state index in [2.05, 4.69) is 12.8 Å². The summed E-state index contributed by atoms with van der Waals surface area (Å²) < 4.78 is 13.4. The summed E-state index contributed by atoms with van der Waals surface area (Å²) in [6, 6.07) is 0. The highest BCUT2D eigenvalue weighted by atomic mass is 19.1. The Kier molecular flexibility index (Phi) is 4.27. The zero-order valence-electron chi connectivity index (χ0n) is 15.3. The summed E-state index contributed by atoms with van der Waals surface area (Å²) >= 11 is 0. The maximum Gasteiger partial charge on any atom is 0.133 e. The van der Waals surface area contributed by atoms with Crippen molar-refractivity contribution < 1.29 is 14.3 Å². The summed E-state index contributed by atoms with van der Waals surface area (Å²) in [5.41, 5.74) is -1.31. The quantitative estimate of drug-likeness (QED) is 0.763. The molecule has 0 radical (unpaired) electrons. The fraction of sp³-hybridized carbons (Fsp3) is 0.864. The molecule has 4 aliphatic carbocycles. The smallest absolute Gasteiger partial charge is 0.133 e. The maximum atomic E-state index is 13.4. The summed E-state index contributed by atoms with van der Waals surface area (Å²) in [4.78, 5) is 11.9. The van der Waals surface area contributed by atoms with Crippen LogP contribution in [0.4, 0.5) is 4.39 Å². The highest BCUT2D eigenvalue weighted by molar-refractivity contribution is 5.79. The molecule has 0 aromatic rings. The van der Waals surface area contributed by atoms with E-state index in [1.165, 1.54) is 0 Å². The van der Waals surface area contributed by atoms with Crippen LogP contribution in [0.1, 0.15) is 64.7 Å². The number of rotatable bonds is 2. The Morgan fingerprint density at radius 1 is 1.28 bits per heavy atom. The van der Waals surface area contributed by atoms with E-state index in [9.17, 15) is 14.3 Å². The summed E-state index contributed by atoms with van der Waals surface area (Å²) in [5, 5.41) is 11.1. The standard InChI is InChI=1S/C22H31FO2/c1-3-22(25)10-8-19-18-6-4-14-12-16(24)5-7-17(14)20(18)15(9-11-23)13-21(19,22)2/h1,14-15,17-20,25H,4-13H2,2H3/t14-,15-,17?,18?,19?,20?,21-,22-/m0/s1. The second-order valence-electron chi connectivity index (χ2n) is 9.53. The number of halogens is 1. The van der Waals surface area contributed by atoms with Crippen LogP contribution < -0.4 is 0 Å². The second-order valence-corrected chi connectivity index (χ2v) is 9.53. The van der Waals surface area contributed by atoms with Crippen LogP contribution in [0.15, 0.2) is 0 Å². The molecule has 4 aliphatic rings. The monoisotopic (exact) mass is 346 g/mol. The van der Waals surface area contributed by atoms with Gasteiger partial charge in [-0.25, -0.2) is 0 Å². The van der Waals surface area contributed by atoms with Gasteiger partial charge in [-0.05, 0) is 80.5 Å². The molecule has 0 spiro atoms. The van der Waals surface area contributed by atoms with Crippen LogP contribution in [-0.2, 0) is 4.79 Å². The van der Waals surface area contributed by atoms with Crippen molar-refractivity contribution >= 4 is 5.78 Å². The van der Waals surface area contributed by atoms with E-state index in [0.717, 1.165) is 38.5 Å². The normalized spacial score (nSPS) is 52.0. The van der Waals surface area contributed by atoms with Gasteiger partial charge in [0.05, 0.1) is 6.67 Å². The number of ketones is 1. The van der Waals surface area contributed by atoms with Gasteiger partial charge < -0.3 is 5.11 Å². The van der Waals surface area contributed by atoms with Gasteiger partial charge in [0.15, 0.2) is 0 Å². The maximum absolute atomic E-state index is 13.4. The van der Waals surface area contributed by atoms with Crippen molar-refractivity contribution in [1.82, 2.24) is 0 Å². The summed E-state index contributed by atoms with van der Waals surface area (Å²) in [6.45, 7) is 1.88. The van der Waals surface area contributed by atoms with Crippen LogP contribution in [0.3, 0.4) is 0 Å². The lowest BCUT2D eigenvalue weighted by molar-refractivity contribution is -0.142. The molecule has 4 fully saturated rings. The SMILES string of the molecule is C#C[C@]1(O)CCC2C3CC[C@H]4CC(=O)CCC4C3[C@@H](CCF)C[C@@]21C. The van der Waals surface area contributed by atoms with Gasteiger partial charge in [-0.3, -0.25) is 9.18 Å². The number of hydrogen-bond acceptors (Lipinski definition) is 2. The Balaban J connectivity index is 1.69. The lowest BCUT2D eigenvalue weighted by Crippen LogP contribution is -2.56. The first-order valence-electron chi connectivity index (χ1n) is 10.2. The van der Waals surface area contributed by atoms with Gasteiger partial charge in [-0.1, -0.05) is 12.8 Å². The third-order valence-corrected chi connectivity index (χ3v) is 8.76. The third kappa shape index (κ3) is 2.43. The number of hydrogen-bond donors (Lipinski definition) is 1. The molecule has 0 saturated heterocycles. The van der Waals surface area contributed by atoms with Gasteiger partial charge in [0.25, 0.3) is 0 Å². The lowest BCUT2D eigenvalue weighted by Gasteiger charge is -2.59. The van der Waals surface area contributed by atoms with Crippen LogP contribution in [0.2, 0.25) is 0 Å². The molecule has 8 atom stereocenters. The number of aliphatic hydroxyl groups is 1. The predicted octanol–water partition coefficient (Wildman–Crippen LogP) is 4.16. The van der Waals surface area contributed by atoms with Gasteiger partial charge in [0, 0.05) is 18.3 Å². The van der Waals surface area contributed by atoms with Crippen molar-refractivity contribution in [3.8, 4) is 12.3 Å². The van der Waals surface area contributed by atoms with Crippen LogP contribution in [-0.4, -0.2) is 23.2 Å². The minimum atomic E-state index is -1.03. The fourth-order valence-electron chi connectivity index (χ4n) is 7.65. The molecule has 3 heteroatoms. The van der Waals surface area contributed by atoms with Gasteiger partial charge in [-0.15, -0.1) is 6.42 Å². The molecule has 4 unspecified atom stereocenters. The number of fused-ring (bicyclic) bond motifs is 5. The van der Waals surface area contributed by atoms with Crippen molar-refractivity contribution in [2.75, 3.05) is 6.67 Å². The Hall–Kier alpha value is -0.880. The zero-order chi connectivity index (χ0) is 17.8. The molecule has 0 aromatic carbocycles. The van der Waals surface area contributed by atoms with Crippen LogP contribution in [0.5, 0.6) is 0 Å². The molecule has 0 heterocycles. The first-order valence-corrected chi connectivity index (χ1v) is 10.2. The van der Waals surface area contributed by atoms with E-state index >= 15 is 0 Å². The molecule has 1 N–H and O–H groups in total. The summed E-state index contributed by atoms with van der Waals surface area (Å²) in [7, 11) is 0. The Labute approximate surface area is 151 Å². The van der Waals surface area contributed by atoms with Gasteiger partial charge in [0.1, 0.15) is 11.4 Å². The molecule has 0 aromatic heterocycles. The Bertz CT molecular complexity index is 595. The Morgan fingerprint density at radius 2 is 2.08 bits per heavy atom. The molecular formula is C22H31FO2. The zero-order valence-corrected chi connectivity index (χ0v) is 15.3. The van der Waals surface area contributed by atoms with Gasteiger partial charge in [-0.2, -0.15) is 0 Å². The fourth-order valence-corrected chi connectivity index (χ4v) is 7.65. The molecule has 4 saturated carbocycles. The van der Waals surface area contributed by atoms with Crippen molar-refractivity contribution in [2.24, 2.45) is 40.9 Å². The number of carbonyl (C=O) groups is 1. The predicted molar refractivity (Wildman–Crippen MR) is 95.4 cm³/mol. The minimum absolute atomic E-state index is 0.278. The molecule has 0 aliphatic heterocycles. The minimum Gasteiger partial charge on any atom is -0.377 e. The largest absolute Gasteiger partial charge is 0.377 e. The van der Waals surface area contributed by atoms with Gasteiger partial charge >= 0.3 is 0 Å². The van der Waals surface area contributed by atoms with E-state index in [0.29, 0.717) is 60.6 Å². The first-order chi connectivity index (χ1) is 11.9. The topological polar surface area (TPSA) is 37.3 Å². The molecule has 4 rings (SSSR count). The summed E-state index contributed by atoms with van der Waals surface area (Å²) in [5.74, 6) is 6.06. The lowest BCUT2D eigenvalue weighted by atomic mass is 9.46. The molecule has 25 heavy (non-hydrogen) atoms. The van der Waals surface area contributed by atoms with E-state index < -0.39 is 5.60 Å². The molecule has 0 amide bonds. The van der Waals surface area contributed by atoms with Crippen LogP contribution in [0.25, 0.3) is 0 Å². The van der Waals surface area contributed by atoms with Gasteiger partial charge in [0.2, 0.25) is 0 Å². The molecular weight excluding hydrogens is 315 g/mol. The van der Waals surface area contributed by atoms with E-state index in [4.69, 9.17) is 6.42 Å². The van der Waals surface area contributed by atoms with Crippen LogP contribution in [0, 0.1) is 53.3 Å². The number of carbonyl (C=O) groups excluding carboxylic acids is 1. The average Bonchev–Trinajstić information content (AvgIpc) is 2.86. The highest BCUT2D eigenvalue weighted by Crippen LogP contribution is 2.67. The summed E-state index contributed by atoms with van der Waals surface area (Å²) in [6.07, 6.45) is 13.6. The number of terminal acetylenes is 1. The molecule has 0 bridgehead atoms. The number of alkyl halides is 1. The van der Waals surface area contributed by atoms with Crippen LogP contribution >= 0.6 is 0 Å². The van der Waals surface area contributed by atoms with E-state index in [1.807, 2.05) is 0 Å². The van der Waals surface area contributed by atoms with E-state index in [-0.39, 0.29) is 12.1 Å². The second kappa shape index (κ2) is 6.08. The van der Waals surface area contributed by atoms with E-state index in [1.54, 1.807) is 0 Å².